The van der Waals surface area contributed by atoms with Crippen LogP contribution < -0.4 is 27.0 Å². The van der Waals surface area contributed by atoms with Crippen LogP contribution in [-0.2, 0) is 24.0 Å². The Kier molecular flexibility index (Phi) is 16.9. The van der Waals surface area contributed by atoms with Gasteiger partial charge in [-0.2, -0.15) is 0 Å². The third kappa shape index (κ3) is 15.3. The zero-order valence-corrected chi connectivity index (χ0v) is 28.7. The molecule has 3 unspecified atom stereocenters. The standard InChI is InChI=1S/C34H55N5O8/c1-7-22(2)18-20-36-24-16-14-23(15-17-24)29(42)37-19-9-8-11-25(28(35)41)38-27(40)13-10-12-26(30(43)44)39-31(45)33(3,4)21-34(5,6)32(46)47/h14-17,22,25-26,36H,7-13,18-21H2,1-6H3,(H2,35,41)(H,37,42)(H,38,40)(H,39,45)(H,43,44)(H,46,47). The number of hydrogen-bond donors (Lipinski definition) is 7. The largest absolute Gasteiger partial charge is 0.481 e. The molecule has 0 aliphatic heterocycles. The second-order valence-electron chi connectivity index (χ2n) is 13.6. The molecule has 0 aliphatic carbocycles. The summed E-state index contributed by atoms with van der Waals surface area (Å²) in [4.78, 5) is 73.0. The number of rotatable bonds is 23. The highest BCUT2D eigenvalue weighted by atomic mass is 16.4. The summed E-state index contributed by atoms with van der Waals surface area (Å²) in [5, 5.41) is 30.2. The van der Waals surface area contributed by atoms with Crippen LogP contribution >= 0.6 is 0 Å². The Labute approximate surface area is 278 Å². The molecule has 1 rings (SSSR count). The molecule has 264 valence electrons. The van der Waals surface area contributed by atoms with E-state index in [9.17, 15) is 39.0 Å². The van der Waals surface area contributed by atoms with Gasteiger partial charge in [0.25, 0.3) is 5.91 Å². The Bertz CT molecular complexity index is 1220. The van der Waals surface area contributed by atoms with Gasteiger partial charge in [0.05, 0.1) is 5.41 Å². The summed E-state index contributed by atoms with van der Waals surface area (Å²) in [5.74, 6) is -3.71. The number of primary amides is 1. The van der Waals surface area contributed by atoms with Crippen molar-refractivity contribution in [2.45, 2.75) is 111 Å². The second-order valence-corrected chi connectivity index (χ2v) is 13.6. The van der Waals surface area contributed by atoms with E-state index in [4.69, 9.17) is 5.73 Å². The average Bonchev–Trinajstić information content (AvgIpc) is 2.98. The van der Waals surface area contributed by atoms with E-state index < -0.39 is 52.6 Å². The first kappa shape index (κ1) is 40.9. The van der Waals surface area contributed by atoms with Crippen molar-refractivity contribution in [1.29, 1.82) is 0 Å². The predicted octanol–water partition coefficient (Wildman–Crippen LogP) is 3.67. The van der Waals surface area contributed by atoms with Crippen molar-refractivity contribution < 1.29 is 39.0 Å². The number of carbonyl (C=O) groups excluding carboxylic acids is 4. The maximum absolute atomic E-state index is 12.8. The van der Waals surface area contributed by atoms with Crippen molar-refractivity contribution >= 4 is 41.3 Å². The van der Waals surface area contributed by atoms with E-state index in [1.807, 2.05) is 12.1 Å². The number of aliphatic carboxylic acids is 2. The van der Waals surface area contributed by atoms with Gasteiger partial charge in [-0.3, -0.25) is 24.0 Å². The fourth-order valence-corrected chi connectivity index (χ4v) is 5.07. The van der Waals surface area contributed by atoms with Gasteiger partial charge in [-0.1, -0.05) is 34.1 Å². The van der Waals surface area contributed by atoms with Crippen molar-refractivity contribution in [3.05, 3.63) is 29.8 Å². The first-order valence-corrected chi connectivity index (χ1v) is 16.4. The molecule has 0 aromatic heterocycles. The normalized spacial score (nSPS) is 13.5. The highest BCUT2D eigenvalue weighted by Gasteiger charge is 2.40. The van der Waals surface area contributed by atoms with Crippen molar-refractivity contribution in [1.82, 2.24) is 16.0 Å². The van der Waals surface area contributed by atoms with Crippen LogP contribution in [0.1, 0.15) is 110 Å². The first-order valence-electron chi connectivity index (χ1n) is 16.4. The Morgan fingerprint density at radius 2 is 1.43 bits per heavy atom. The maximum atomic E-state index is 12.8. The maximum Gasteiger partial charge on any atom is 0.326 e. The van der Waals surface area contributed by atoms with Crippen LogP contribution in [0.25, 0.3) is 0 Å². The molecule has 13 heteroatoms. The van der Waals surface area contributed by atoms with Gasteiger partial charge in [-0.15, -0.1) is 0 Å². The summed E-state index contributed by atoms with van der Waals surface area (Å²) < 4.78 is 0. The summed E-state index contributed by atoms with van der Waals surface area (Å²) >= 11 is 0. The average molecular weight is 662 g/mol. The fourth-order valence-electron chi connectivity index (χ4n) is 5.07. The molecular weight excluding hydrogens is 606 g/mol. The van der Waals surface area contributed by atoms with Crippen LogP contribution in [0.15, 0.2) is 24.3 Å². The van der Waals surface area contributed by atoms with Gasteiger partial charge in [-0.05, 0) is 89.0 Å². The van der Waals surface area contributed by atoms with E-state index in [1.165, 1.54) is 13.8 Å². The van der Waals surface area contributed by atoms with Gasteiger partial charge in [0, 0.05) is 36.2 Å². The Hall–Kier alpha value is -4.16. The lowest BCUT2D eigenvalue weighted by atomic mass is 9.74. The van der Waals surface area contributed by atoms with Crippen LogP contribution in [0, 0.1) is 16.7 Å². The molecule has 0 heterocycles. The molecule has 0 bridgehead atoms. The number of nitrogens with two attached hydrogens (primary N) is 1. The lowest BCUT2D eigenvalue weighted by molar-refractivity contribution is -0.151. The van der Waals surface area contributed by atoms with E-state index in [-0.39, 0.29) is 38.0 Å². The molecule has 8 N–H and O–H groups in total. The minimum atomic E-state index is -1.28. The van der Waals surface area contributed by atoms with Crippen molar-refractivity contribution in [2.24, 2.45) is 22.5 Å². The van der Waals surface area contributed by atoms with Gasteiger partial charge in [0.1, 0.15) is 12.1 Å². The lowest BCUT2D eigenvalue weighted by Crippen LogP contribution is -2.48. The van der Waals surface area contributed by atoms with Crippen LogP contribution in [0.5, 0.6) is 0 Å². The van der Waals surface area contributed by atoms with Crippen molar-refractivity contribution in [3.63, 3.8) is 0 Å². The number of amides is 4. The minimum absolute atomic E-state index is 0.0126. The summed E-state index contributed by atoms with van der Waals surface area (Å²) in [6.45, 7) is 11.7. The van der Waals surface area contributed by atoms with Gasteiger partial charge in [-0.25, -0.2) is 4.79 Å². The van der Waals surface area contributed by atoms with Crippen molar-refractivity contribution in [2.75, 3.05) is 18.4 Å². The molecule has 13 nitrogen and oxygen atoms in total. The summed E-state index contributed by atoms with van der Waals surface area (Å²) in [5.41, 5.74) is 4.62. The molecule has 4 amide bonds. The van der Waals surface area contributed by atoms with E-state index >= 15 is 0 Å². The number of carboxylic acids is 2. The van der Waals surface area contributed by atoms with Crippen LogP contribution in [-0.4, -0.2) is 71.0 Å². The predicted molar refractivity (Wildman–Crippen MR) is 180 cm³/mol. The van der Waals surface area contributed by atoms with Crippen LogP contribution in [0.3, 0.4) is 0 Å². The number of carbonyl (C=O) groups is 6. The number of benzene rings is 1. The monoisotopic (exact) mass is 661 g/mol. The topological polar surface area (TPSA) is 217 Å². The quantitative estimate of drug-likeness (QED) is 0.0850. The molecule has 0 aliphatic rings. The van der Waals surface area contributed by atoms with Crippen LogP contribution in [0.4, 0.5) is 5.69 Å². The van der Waals surface area contributed by atoms with Gasteiger partial charge >= 0.3 is 11.9 Å². The Morgan fingerprint density at radius 1 is 0.809 bits per heavy atom. The van der Waals surface area contributed by atoms with Gasteiger partial charge < -0.3 is 37.2 Å². The molecule has 0 fully saturated rings. The first-order chi connectivity index (χ1) is 21.9. The van der Waals surface area contributed by atoms with E-state index in [0.29, 0.717) is 30.9 Å². The molecule has 0 saturated carbocycles. The van der Waals surface area contributed by atoms with E-state index in [2.05, 4.69) is 35.1 Å². The number of hydrogen-bond acceptors (Lipinski definition) is 7. The highest BCUT2D eigenvalue weighted by Crippen LogP contribution is 2.34. The highest BCUT2D eigenvalue weighted by molar-refractivity contribution is 5.94. The zero-order chi connectivity index (χ0) is 35.8. The molecule has 0 saturated heterocycles. The second kappa shape index (κ2) is 19.5. The number of unbranched alkanes of at least 4 members (excludes halogenated alkanes) is 1. The molecule has 1 aromatic rings. The van der Waals surface area contributed by atoms with Gasteiger partial charge in [0.2, 0.25) is 17.7 Å². The fraction of sp³-hybridized carbons (Fsp3) is 0.647. The molecule has 0 spiro atoms. The molecule has 47 heavy (non-hydrogen) atoms. The minimum Gasteiger partial charge on any atom is -0.481 e. The number of anilines is 1. The van der Waals surface area contributed by atoms with Crippen LogP contribution in [0.2, 0.25) is 0 Å². The summed E-state index contributed by atoms with van der Waals surface area (Å²) in [6.07, 6.45) is 3.49. The number of carboxylic acid groups (broad SMARTS) is 2. The Balaban J connectivity index is 2.46. The number of nitrogens with one attached hydrogen (secondary N) is 4. The molecule has 3 atom stereocenters. The molecule has 0 radical (unpaired) electrons. The molecular formula is C34H55N5O8. The SMILES string of the molecule is CCC(C)CCNc1ccc(C(=O)NCCCCC(NC(=O)CCCC(NC(=O)C(C)(C)CC(C)(C)C(=O)O)C(=O)O)C(N)=O)cc1. The zero-order valence-electron chi connectivity index (χ0n) is 28.7. The lowest BCUT2D eigenvalue weighted by Gasteiger charge is -2.32. The van der Waals surface area contributed by atoms with Crippen molar-refractivity contribution in [3.8, 4) is 0 Å². The third-order valence-electron chi connectivity index (χ3n) is 8.27. The Morgan fingerprint density at radius 3 is 1.98 bits per heavy atom. The summed E-state index contributed by atoms with van der Waals surface area (Å²) in [7, 11) is 0. The smallest absolute Gasteiger partial charge is 0.326 e. The summed E-state index contributed by atoms with van der Waals surface area (Å²) in [6, 6.07) is 5.06. The van der Waals surface area contributed by atoms with E-state index in [0.717, 1.165) is 25.1 Å². The molecule has 1 aromatic carbocycles. The van der Waals surface area contributed by atoms with Gasteiger partial charge in [0.15, 0.2) is 0 Å². The third-order valence-corrected chi connectivity index (χ3v) is 8.27. The van der Waals surface area contributed by atoms with E-state index in [1.54, 1.807) is 26.0 Å².